The molecule has 0 saturated carbocycles. The van der Waals surface area contributed by atoms with E-state index in [2.05, 4.69) is 46.6 Å². The molecule has 0 aliphatic rings. The average molecular weight is 264 g/mol. The molecule has 0 aliphatic heterocycles. The molecule has 3 rings (SSSR count). The third-order valence-electron chi connectivity index (χ3n) is 3.18. The molecule has 0 amide bonds. The third-order valence-corrected chi connectivity index (χ3v) is 3.18. The number of aryl methyl sites for hydroxylation is 1. The molecule has 1 N–H and O–H groups in total. The van der Waals surface area contributed by atoms with Crippen LogP contribution in [0.3, 0.4) is 0 Å². The first kappa shape index (κ1) is 12.4. The number of aromatic nitrogens is 3. The van der Waals surface area contributed by atoms with Gasteiger partial charge in [-0.1, -0.05) is 35.9 Å². The minimum atomic E-state index is 0.801. The second-order valence-corrected chi connectivity index (χ2v) is 4.63. The van der Waals surface area contributed by atoms with Gasteiger partial charge in [0.25, 0.3) is 0 Å². The molecule has 0 saturated heterocycles. The lowest BCUT2D eigenvalue weighted by Gasteiger charge is -2.04. The summed E-state index contributed by atoms with van der Waals surface area (Å²) in [6, 6.07) is 16.2. The number of nitrogens with zero attached hydrogens (tertiary/aromatic N) is 3. The fourth-order valence-corrected chi connectivity index (χ4v) is 2.08. The Morgan fingerprint density at radius 2 is 1.85 bits per heavy atom. The van der Waals surface area contributed by atoms with Crippen LogP contribution in [0.5, 0.6) is 0 Å². The molecule has 0 unspecified atom stereocenters. The molecule has 0 spiro atoms. The van der Waals surface area contributed by atoms with Gasteiger partial charge in [-0.25, -0.2) is 4.98 Å². The lowest BCUT2D eigenvalue weighted by molar-refractivity contribution is 0.855. The SMILES string of the molecule is CNc1cc(-c2ccc(C)cc2)nn1-c1ccccn1. The summed E-state index contributed by atoms with van der Waals surface area (Å²) in [5.74, 6) is 1.72. The van der Waals surface area contributed by atoms with Crippen LogP contribution in [-0.4, -0.2) is 21.8 Å². The maximum atomic E-state index is 4.64. The minimum Gasteiger partial charge on any atom is -0.373 e. The van der Waals surface area contributed by atoms with Crippen LogP contribution < -0.4 is 5.32 Å². The zero-order valence-corrected chi connectivity index (χ0v) is 11.5. The van der Waals surface area contributed by atoms with Gasteiger partial charge in [-0.05, 0) is 19.1 Å². The van der Waals surface area contributed by atoms with Crippen molar-refractivity contribution in [1.82, 2.24) is 14.8 Å². The van der Waals surface area contributed by atoms with E-state index in [0.717, 1.165) is 22.9 Å². The van der Waals surface area contributed by atoms with Crippen LogP contribution >= 0.6 is 0 Å². The fourth-order valence-electron chi connectivity index (χ4n) is 2.08. The van der Waals surface area contributed by atoms with Crippen LogP contribution in [0, 0.1) is 6.92 Å². The van der Waals surface area contributed by atoms with Gasteiger partial charge in [0.05, 0.1) is 5.69 Å². The van der Waals surface area contributed by atoms with Gasteiger partial charge in [-0.2, -0.15) is 9.78 Å². The van der Waals surface area contributed by atoms with E-state index in [4.69, 9.17) is 0 Å². The predicted molar refractivity (Wildman–Crippen MR) is 81.1 cm³/mol. The molecular weight excluding hydrogens is 248 g/mol. The number of anilines is 1. The summed E-state index contributed by atoms with van der Waals surface area (Å²) in [7, 11) is 1.88. The van der Waals surface area contributed by atoms with Crippen LogP contribution in [0.25, 0.3) is 17.1 Å². The second-order valence-electron chi connectivity index (χ2n) is 4.63. The smallest absolute Gasteiger partial charge is 0.155 e. The van der Waals surface area contributed by atoms with Gasteiger partial charge < -0.3 is 5.32 Å². The van der Waals surface area contributed by atoms with E-state index in [9.17, 15) is 0 Å². The van der Waals surface area contributed by atoms with Crippen molar-refractivity contribution in [3.05, 3.63) is 60.3 Å². The van der Waals surface area contributed by atoms with Crippen LogP contribution in [0.4, 0.5) is 5.82 Å². The van der Waals surface area contributed by atoms with Crippen molar-refractivity contribution in [3.8, 4) is 17.1 Å². The Balaban J connectivity index is 2.07. The first-order chi connectivity index (χ1) is 9.78. The summed E-state index contributed by atoms with van der Waals surface area (Å²) >= 11 is 0. The zero-order chi connectivity index (χ0) is 13.9. The highest BCUT2D eigenvalue weighted by atomic mass is 15.4. The predicted octanol–water partition coefficient (Wildman–Crippen LogP) is 3.28. The van der Waals surface area contributed by atoms with Crippen molar-refractivity contribution >= 4 is 5.82 Å². The second kappa shape index (κ2) is 5.17. The van der Waals surface area contributed by atoms with Crippen molar-refractivity contribution in [2.24, 2.45) is 0 Å². The molecule has 2 aromatic heterocycles. The largest absolute Gasteiger partial charge is 0.373 e. The number of nitrogens with one attached hydrogen (secondary N) is 1. The van der Waals surface area contributed by atoms with Crippen LogP contribution in [0.2, 0.25) is 0 Å². The average Bonchev–Trinajstić information content (AvgIpc) is 2.93. The van der Waals surface area contributed by atoms with E-state index in [1.54, 1.807) is 6.20 Å². The lowest BCUT2D eigenvalue weighted by Crippen LogP contribution is -2.03. The highest BCUT2D eigenvalue weighted by Crippen LogP contribution is 2.24. The summed E-state index contributed by atoms with van der Waals surface area (Å²) < 4.78 is 1.81. The van der Waals surface area contributed by atoms with Gasteiger partial charge in [0.2, 0.25) is 0 Å². The molecule has 1 aromatic carbocycles. The third kappa shape index (κ3) is 2.28. The molecule has 20 heavy (non-hydrogen) atoms. The fraction of sp³-hybridized carbons (Fsp3) is 0.125. The normalized spacial score (nSPS) is 10.5. The number of rotatable bonds is 3. The van der Waals surface area contributed by atoms with Gasteiger partial charge in [-0.15, -0.1) is 0 Å². The number of hydrogen-bond acceptors (Lipinski definition) is 3. The Bertz CT molecular complexity index is 699. The van der Waals surface area contributed by atoms with Gasteiger partial charge in [0.15, 0.2) is 5.82 Å². The zero-order valence-electron chi connectivity index (χ0n) is 11.5. The van der Waals surface area contributed by atoms with Gasteiger partial charge >= 0.3 is 0 Å². The molecular formula is C16H16N4. The monoisotopic (exact) mass is 264 g/mol. The maximum absolute atomic E-state index is 4.64. The first-order valence-corrected chi connectivity index (χ1v) is 6.54. The van der Waals surface area contributed by atoms with Crippen molar-refractivity contribution in [3.63, 3.8) is 0 Å². The Kier molecular flexibility index (Phi) is 3.21. The quantitative estimate of drug-likeness (QED) is 0.789. The van der Waals surface area contributed by atoms with Crippen molar-refractivity contribution in [1.29, 1.82) is 0 Å². The van der Waals surface area contributed by atoms with Crippen LogP contribution in [0.1, 0.15) is 5.56 Å². The standard InChI is InChI=1S/C16H16N4/c1-12-6-8-13(9-7-12)14-11-16(17-2)20(19-14)15-5-3-4-10-18-15/h3-11,17H,1-2H3. The summed E-state index contributed by atoms with van der Waals surface area (Å²) in [6.45, 7) is 2.08. The van der Waals surface area contributed by atoms with Gasteiger partial charge in [-0.3, -0.25) is 0 Å². The summed E-state index contributed by atoms with van der Waals surface area (Å²) in [6.07, 6.45) is 1.77. The molecule has 0 aliphatic carbocycles. The van der Waals surface area contributed by atoms with Crippen molar-refractivity contribution in [2.45, 2.75) is 6.92 Å². The molecule has 2 heterocycles. The number of hydrogen-bond donors (Lipinski definition) is 1. The van der Waals surface area contributed by atoms with Gasteiger partial charge in [0.1, 0.15) is 5.82 Å². The lowest BCUT2D eigenvalue weighted by atomic mass is 10.1. The van der Waals surface area contributed by atoms with E-state index in [1.165, 1.54) is 5.56 Å². The Morgan fingerprint density at radius 1 is 1.05 bits per heavy atom. The van der Waals surface area contributed by atoms with Crippen molar-refractivity contribution in [2.75, 3.05) is 12.4 Å². The van der Waals surface area contributed by atoms with Crippen LogP contribution in [-0.2, 0) is 0 Å². The molecule has 4 nitrogen and oxygen atoms in total. The van der Waals surface area contributed by atoms with Crippen molar-refractivity contribution < 1.29 is 0 Å². The summed E-state index contributed by atoms with van der Waals surface area (Å²) in [5.41, 5.74) is 3.27. The maximum Gasteiger partial charge on any atom is 0.155 e. The minimum absolute atomic E-state index is 0.801. The molecule has 0 radical (unpaired) electrons. The summed E-state index contributed by atoms with van der Waals surface area (Å²) in [4.78, 5) is 4.34. The Morgan fingerprint density at radius 3 is 2.50 bits per heavy atom. The first-order valence-electron chi connectivity index (χ1n) is 6.54. The van der Waals surface area contributed by atoms with Crippen LogP contribution in [0.15, 0.2) is 54.7 Å². The van der Waals surface area contributed by atoms with Gasteiger partial charge in [0, 0.05) is 24.9 Å². The molecule has 0 bridgehead atoms. The molecule has 3 aromatic rings. The Labute approximate surface area is 118 Å². The van der Waals surface area contributed by atoms with E-state index in [-0.39, 0.29) is 0 Å². The summed E-state index contributed by atoms with van der Waals surface area (Å²) in [5, 5.41) is 7.80. The highest BCUT2D eigenvalue weighted by molar-refractivity contribution is 5.64. The highest BCUT2D eigenvalue weighted by Gasteiger charge is 2.10. The molecule has 100 valence electrons. The van der Waals surface area contributed by atoms with E-state index >= 15 is 0 Å². The molecule has 0 atom stereocenters. The topological polar surface area (TPSA) is 42.7 Å². The van der Waals surface area contributed by atoms with E-state index in [1.807, 2.05) is 36.0 Å². The van der Waals surface area contributed by atoms with E-state index in [0.29, 0.717) is 0 Å². The number of pyridine rings is 1. The molecule has 0 fully saturated rings. The number of benzene rings is 1. The Hall–Kier alpha value is -2.62. The van der Waals surface area contributed by atoms with E-state index < -0.39 is 0 Å². The molecule has 4 heteroatoms.